The molecule has 0 saturated carbocycles. The number of fused-ring (bicyclic) bond motifs is 2. The van der Waals surface area contributed by atoms with Gasteiger partial charge in [0.1, 0.15) is 11.3 Å². The monoisotopic (exact) mass is 379 g/mol. The van der Waals surface area contributed by atoms with Crippen LogP contribution in [0.1, 0.15) is 0 Å². The molecule has 5 rings (SSSR count). The standard InChI is InChI=1S/C20H18FN5O2/c1-24-12-22-16-11-14(3-4-15(16)19(24)27)25-6-8-26(9-7-25)20-23-17-10-13(21)2-5-18(17)28-20/h2-5,10-12H,6-9H2,1H3. The predicted octanol–water partition coefficient (Wildman–Crippen LogP) is 2.54. The Morgan fingerprint density at radius 3 is 2.61 bits per heavy atom. The third-order valence-electron chi connectivity index (χ3n) is 5.16. The van der Waals surface area contributed by atoms with Crippen molar-refractivity contribution in [2.24, 2.45) is 7.05 Å². The zero-order valence-electron chi connectivity index (χ0n) is 15.3. The second-order valence-corrected chi connectivity index (χ2v) is 6.94. The van der Waals surface area contributed by atoms with Crippen molar-refractivity contribution >= 4 is 33.7 Å². The van der Waals surface area contributed by atoms with Crippen LogP contribution in [0.4, 0.5) is 16.1 Å². The number of aromatic nitrogens is 3. The summed E-state index contributed by atoms with van der Waals surface area (Å²) < 4.78 is 20.6. The molecule has 0 spiro atoms. The first-order valence-corrected chi connectivity index (χ1v) is 9.10. The molecule has 1 aliphatic heterocycles. The maximum absolute atomic E-state index is 13.4. The van der Waals surface area contributed by atoms with Crippen molar-refractivity contribution < 1.29 is 8.81 Å². The second kappa shape index (κ2) is 6.33. The molecule has 0 atom stereocenters. The number of oxazole rings is 1. The summed E-state index contributed by atoms with van der Waals surface area (Å²) in [5, 5.41) is 0.617. The SMILES string of the molecule is Cn1cnc2cc(N3CCN(c4nc5cc(F)ccc5o4)CC3)ccc2c1=O. The molecule has 8 heteroatoms. The van der Waals surface area contributed by atoms with Crippen LogP contribution < -0.4 is 15.4 Å². The number of piperazine rings is 1. The molecular weight excluding hydrogens is 361 g/mol. The van der Waals surface area contributed by atoms with E-state index in [0.29, 0.717) is 28.0 Å². The predicted molar refractivity (Wildman–Crippen MR) is 105 cm³/mol. The molecule has 1 aliphatic rings. The van der Waals surface area contributed by atoms with Gasteiger partial charge in [0, 0.05) is 45.0 Å². The topological polar surface area (TPSA) is 67.4 Å². The van der Waals surface area contributed by atoms with E-state index >= 15 is 0 Å². The summed E-state index contributed by atoms with van der Waals surface area (Å²) in [6.45, 7) is 3.03. The van der Waals surface area contributed by atoms with Crippen molar-refractivity contribution in [3.05, 3.63) is 58.9 Å². The zero-order chi connectivity index (χ0) is 19.3. The average molecular weight is 379 g/mol. The van der Waals surface area contributed by atoms with E-state index in [2.05, 4.69) is 19.8 Å². The third-order valence-corrected chi connectivity index (χ3v) is 5.16. The van der Waals surface area contributed by atoms with E-state index in [1.165, 1.54) is 16.7 Å². The van der Waals surface area contributed by atoms with Crippen LogP contribution in [0.15, 0.2) is 51.9 Å². The summed E-state index contributed by atoms with van der Waals surface area (Å²) >= 11 is 0. The maximum Gasteiger partial charge on any atom is 0.298 e. The van der Waals surface area contributed by atoms with Gasteiger partial charge in [0.2, 0.25) is 0 Å². The quantitative estimate of drug-likeness (QED) is 0.533. The van der Waals surface area contributed by atoms with Crippen molar-refractivity contribution in [3.8, 4) is 0 Å². The van der Waals surface area contributed by atoms with Gasteiger partial charge in [-0.3, -0.25) is 4.79 Å². The van der Waals surface area contributed by atoms with Crippen LogP contribution in [0.3, 0.4) is 0 Å². The summed E-state index contributed by atoms with van der Waals surface area (Å²) in [6.07, 6.45) is 1.54. The summed E-state index contributed by atoms with van der Waals surface area (Å²) in [4.78, 5) is 25.2. The van der Waals surface area contributed by atoms with E-state index in [0.717, 1.165) is 31.9 Å². The van der Waals surface area contributed by atoms with Crippen LogP contribution in [0.25, 0.3) is 22.0 Å². The Bertz CT molecular complexity index is 1240. The van der Waals surface area contributed by atoms with E-state index in [1.54, 1.807) is 19.4 Å². The molecule has 0 unspecified atom stereocenters. The Kier molecular flexibility index (Phi) is 3.78. The first kappa shape index (κ1) is 16.7. The van der Waals surface area contributed by atoms with Gasteiger partial charge in [-0.25, -0.2) is 9.37 Å². The molecule has 7 nitrogen and oxygen atoms in total. The fourth-order valence-electron chi connectivity index (χ4n) is 3.58. The normalized spacial score (nSPS) is 14.9. The largest absolute Gasteiger partial charge is 0.423 e. The molecule has 0 radical (unpaired) electrons. The second-order valence-electron chi connectivity index (χ2n) is 6.94. The summed E-state index contributed by atoms with van der Waals surface area (Å²) in [5.41, 5.74) is 2.80. The van der Waals surface area contributed by atoms with E-state index in [9.17, 15) is 9.18 Å². The highest BCUT2D eigenvalue weighted by molar-refractivity contribution is 5.81. The van der Waals surface area contributed by atoms with Crippen molar-refractivity contribution in [1.29, 1.82) is 0 Å². The molecule has 142 valence electrons. The summed E-state index contributed by atoms with van der Waals surface area (Å²) in [5.74, 6) is -0.322. The Morgan fingerprint density at radius 1 is 1.00 bits per heavy atom. The van der Waals surface area contributed by atoms with E-state index in [-0.39, 0.29) is 11.4 Å². The zero-order valence-corrected chi connectivity index (χ0v) is 15.3. The molecule has 1 saturated heterocycles. The first-order chi connectivity index (χ1) is 13.6. The van der Waals surface area contributed by atoms with E-state index in [4.69, 9.17) is 4.42 Å². The minimum absolute atomic E-state index is 0.0474. The molecule has 0 amide bonds. The van der Waals surface area contributed by atoms with Gasteiger partial charge in [-0.05, 0) is 30.3 Å². The van der Waals surface area contributed by atoms with Crippen molar-refractivity contribution in [2.75, 3.05) is 36.0 Å². The van der Waals surface area contributed by atoms with Crippen molar-refractivity contribution in [2.45, 2.75) is 0 Å². The highest BCUT2D eigenvalue weighted by Crippen LogP contribution is 2.25. The molecule has 1 fully saturated rings. The lowest BCUT2D eigenvalue weighted by atomic mass is 10.2. The summed E-state index contributed by atoms with van der Waals surface area (Å²) in [6, 6.07) is 10.6. The molecule has 0 N–H and O–H groups in total. The van der Waals surface area contributed by atoms with Crippen molar-refractivity contribution in [1.82, 2.24) is 14.5 Å². The smallest absolute Gasteiger partial charge is 0.298 e. The molecule has 28 heavy (non-hydrogen) atoms. The lowest BCUT2D eigenvalue weighted by Crippen LogP contribution is -2.46. The average Bonchev–Trinajstić information content (AvgIpc) is 3.14. The Balaban J connectivity index is 1.35. The minimum atomic E-state index is -0.322. The number of anilines is 2. The number of rotatable bonds is 2. The number of hydrogen-bond donors (Lipinski definition) is 0. The third kappa shape index (κ3) is 2.77. The van der Waals surface area contributed by atoms with E-state index in [1.807, 2.05) is 18.2 Å². The highest BCUT2D eigenvalue weighted by atomic mass is 19.1. The Labute approximate surface area is 159 Å². The van der Waals surface area contributed by atoms with Gasteiger partial charge in [0.25, 0.3) is 11.6 Å². The van der Waals surface area contributed by atoms with Crippen LogP contribution in [0, 0.1) is 5.82 Å². The van der Waals surface area contributed by atoms with Crippen molar-refractivity contribution in [3.63, 3.8) is 0 Å². The van der Waals surface area contributed by atoms with Gasteiger partial charge in [-0.15, -0.1) is 0 Å². The highest BCUT2D eigenvalue weighted by Gasteiger charge is 2.22. The van der Waals surface area contributed by atoms with Gasteiger partial charge in [0.15, 0.2) is 5.58 Å². The molecule has 2 aromatic heterocycles. The minimum Gasteiger partial charge on any atom is -0.423 e. The molecule has 4 aromatic rings. The lowest BCUT2D eigenvalue weighted by Gasteiger charge is -2.35. The number of halogens is 1. The molecule has 3 heterocycles. The maximum atomic E-state index is 13.4. The number of nitrogens with zero attached hydrogens (tertiary/aromatic N) is 5. The van der Waals surface area contributed by atoms with Gasteiger partial charge in [-0.2, -0.15) is 4.98 Å². The fourth-order valence-corrected chi connectivity index (χ4v) is 3.58. The van der Waals surface area contributed by atoms with E-state index < -0.39 is 0 Å². The Morgan fingerprint density at radius 2 is 1.79 bits per heavy atom. The first-order valence-electron chi connectivity index (χ1n) is 9.10. The van der Waals surface area contributed by atoms with Gasteiger partial charge in [-0.1, -0.05) is 0 Å². The number of hydrogen-bond acceptors (Lipinski definition) is 6. The van der Waals surface area contributed by atoms with Gasteiger partial charge < -0.3 is 18.8 Å². The molecule has 2 aromatic carbocycles. The molecule has 0 bridgehead atoms. The number of benzene rings is 2. The Hall–Kier alpha value is -3.42. The molecular formula is C20H18FN5O2. The molecule has 0 aliphatic carbocycles. The van der Waals surface area contributed by atoms with Crippen LogP contribution in [-0.2, 0) is 7.05 Å². The van der Waals surface area contributed by atoms with Gasteiger partial charge >= 0.3 is 0 Å². The van der Waals surface area contributed by atoms with Crippen LogP contribution in [-0.4, -0.2) is 40.7 Å². The van der Waals surface area contributed by atoms with Crippen LogP contribution >= 0.6 is 0 Å². The van der Waals surface area contributed by atoms with Gasteiger partial charge in [0.05, 0.1) is 17.2 Å². The van der Waals surface area contributed by atoms with Crippen LogP contribution in [0.5, 0.6) is 0 Å². The number of aryl methyl sites for hydroxylation is 1. The fraction of sp³-hybridized carbons (Fsp3) is 0.250. The van der Waals surface area contributed by atoms with Crippen LogP contribution in [0.2, 0.25) is 0 Å². The summed E-state index contributed by atoms with van der Waals surface area (Å²) in [7, 11) is 1.70. The lowest BCUT2D eigenvalue weighted by molar-refractivity contribution is 0.541.